The molecule has 0 atom stereocenters. The number of fused-ring (bicyclic) bond motifs is 3. The minimum absolute atomic E-state index is 0.205. The van der Waals surface area contributed by atoms with Crippen molar-refractivity contribution in [2.45, 2.75) is 67.7 Å². The number of benzene rings is 12. The van der Waals surface area contributed by atoms with Crippen LogP contribution < -0.4 is 9.80 Å². The average molecular weight is 1010 g/mol. The highest BCUT2D eigenvalue weighted by Gasteiger charge is 2.28. The Hall–Kier alpha value is -9.12. The average Bonchev–Trinajstić information content (AvgIpc) is 3.90. The van der Waals surface area contributed by atoms with Gasteiger partial charge in [-0.3, -0.25) is 0 Å². The maximum atomic E-state index is 12.8. The zero-order valence-electron chi connectivity index (χ0n) is 45.8. The van der Waals surface area contributed by atoms with Crippen LogP contribution in [0.2, 0.25) is 0 Å². The zero-order valence-corrected chi connectivity index (χ0v) is 45.8. The molecule has 1 heterocycles. The molecule has 78 heavy (non-hydrogen) atoms. The summed E-state index contributed by atoms with van der Waals surface area (Å²) in [7, 11) is 0. The molecule has 0 spiro atoms. The van der Waals surface area contributed by atoms with Gasteiger partial charge in [0, 0.05) is 44.0 Å². The summed E-state index contributed by atoms with van der Waals surface area (Å²) in [6, 6.07) is 78.5. The molecule has 4 heteroatoms. The maximum absolute atomic E-state index is 12.8. The fourth-order valence-electron chi connectivity index (χ4n) is 12.0. The molecular formula is C74H64N2O2. The first-order chi connectivity index (χ1) is 38.1. The molecule has 1 aromatic heterocycles. The molecule has 0 radical (unpaired) electrons. The van der Waals surface area contributed by atoms with E-state index in [1.165, 1.54) is 43.8 Å². The van der Waals surface area contributed by atoms with E-state index < -0.39 is 0 Å². The van der Waals surface area contributed by atoms with Crippen molar-refractivity contribution in [2.75, 3.05) is 9.80 Å². The van der Waals surface area contributed by atoms with Crippen LogP contribution in [0.5, 0.6) is 5.75 Å². The highest BCUT2D eigenvalue weighted by Crippen LogP contribution is 2.53. The summed E-state index contributed by atoms with van der Waals surface area (Å²) < 4.78 is 7.21. The number of furan rings is 1. The molecule has 0 saturated carbocycles. The van der Waals surface area contributed by atoms with Crippen molar-refractivity contribution in [1.82, 2.24) is 0 Å². The van der Waals surface area contributed by atoms with E-state index in [1.807, 2.05) is 19.9 Å². The molecule has 0 amide bonds. The minimum Gasteiger partial charge on any atom is -0.505 e. The fraction of sp³-hybridized carbons (Fsp3) is 0.135. The van der Waals surface area contributed by atoms with Crippen molar-refractivity contribution in [3.8, 4) is 39.1 Å². The van der Waals surface area contributed by atoms with Gasteiger partial charge in [0.1, 0.15) is 11.3 Å². The van der Waals surface area contributed by atoms with E-state index in [4.69, 9.17) is 4.42 Å². The number of hydrogen-bond donors (Lipinski definition) is 1. The lowest BCUT2D eigenvalue weighted by atomic mass is 9.85. The second kappa shape index (κ2) is 20.4. The lowest BCUT2D eigenvalue weighted by Gasteiger charge is -2.31. The summed E-state index contributed by atoms with van der Waals surface area (Å²) in [6.07, 6.45) is 0.907. The fourth-order valence-corrected chi connectivity index (χ4v) is 12.0. The van der Waals surface area contributed by atoms with E-state index in [-0.39, 0.29) is 11.7 Å². The number of anilines is 6. The summed E-state index contributed by atoms with van der Waals surface area (Å²) in [6.45, 7) is 17.4. The summed E-state index contributed by atoms with van der Waals surface area (Å²) in [4.78, 5) is 4.73. The largest absolute Gasteiger partial charge is 0.505 e. The molecule has 12 aromatic carbocycles. The topological polar surface area (TPSA) is 39.9 Å². The van der Waals surface area contributed by atoms with Crippen LogP contribution in [0.1, 0.15) is 68.4 Å². The van der Waals surface area contributed by atoms with E-state index in [2.05, 4.69) is 264 Å². The number of para-hydroxylation sites is 3. The summed E-state index contributed by atoms with van der Waals surface area (Å²) >= 11 is 0. The van der Waals surface area contributed by atoms with Gasteiger partial charge in [-0.2, -0.15) is 0 Å². The number of hydrogen-bond acceptors (Lipinski definition) is 4. The van der Waals surface area contributed by atoms with Crippen molar-refractivity contribution in [3.05, 3.63) is 246 Å². The van der Waals surface area contributed by atoms with Gasteiger partial charge in [0.2, 0.25) is 0 Å². The Balaban J connectivity index is 0.00000301. The van der Waals surface area contributed by atoms with E-state index >= 15 is 0 Å². The lowest BCUT2D eigenvalue weighted by Crippen LogP contribution is -2.13. The van der Waals surface area contributed by atoms with Gasteiger partial charge in [-0.15, -0.1) is 0 Å². The number of nitrogens with zero attached hydrogens (tertiary/aromatic N) is 2. The van der Waals surface area contributed by atoms with Gasteiger partial charge in [0.15, 0.2) is 5.58 Å². The third-order valence-electron chi connectivity index (χ3n) is 15.7. The van der Waals surface area contributed by atoms with Gasteiger partial charge in [0.05, 0.1) is 22.7 Å². The van der Waals surface area contributed by atoms with Crippen LogP contribution in [-0.2, 0) is 6.42 Å². The van der Waals surface area contributed by atoms with Crippen LogP contribution in [-0.4, -0.2) is 5.11 Å². The Bertz CT molecular complexity index is 4370. The lowest BCUT2D eigenvalue weighted by molar-refractivity contribution is 0.478. The standard InChI is InChI=1S/C72H58N2O2.C2H6/c1-7-48-21-14-27-53(41-48)74(65-34-18-32-60-59-31-16-30-57(71(59)76-72(60)65)49-22-9-8-10-23-49)67-43-63(44(2)3)58-36-38-61-66(40-47(6)55-35-37-62(67)69(58)68(55)61)73(52-26-13-19-45(4)39-52)64-33-17-29-56(70(64)75)51-25-15-24-50(42-51)54-28-12-11-20-46(54)5;1-2/h8-44,75H,7H2,1-6H3;1-2H3. The molecule has 0 aliphatic carbocycles. The predicted octanol–water partition coefficient (Wildman–Crippen LogP) is 21.8. The Morgan fingerprint density at radius 1 is 0.410 bits per heavy atom. The Morgan fingerprint density at radius 2 is 0.962 bits per heavy atom. The number of phenolic OH excluding ortho intramolecular Hbond substituents is 1. The molecule has 0 aliphatic rings. The molecule has 0 unspecified atom stereocenters. The van der Waals surface area contributed by atoms with Gasteiger partial charge in [-0.1, -0.05) is 198 Å². The van der Waals surface area contributed by atoms with Crippen LogP contribution in [0.3, 0.4) is 0 Å². The van der Waals surface area contributed by atoms with E-state index in [9.17, 15) is 5.11 Å². The number of phenols is 1. The molecule has 0 bridgehead atoms. The first kappa shape index (κ1) is 49.7. The quantitative estimate of drug-likeness (QED) is 0.131. The highest BCUT2D eigenvalue weighted by molar-refractivity contribution is 6.30. The van der Waals surface area contributed by atoms with Crippen LogP contribution in [0.15, 0.2) is 223 Å². The monoisotopic (exact) mass is 1010 g/mol. The van der Waals surface area contributed by atoms with E-state index in [1.54, 1.807) is 0 Å². The predicted molar refractivity (Wildman–Crippen MR) is 334 cm³/mol. The number of rotatable bonds is 11. The van der Waals surface area contributed by atoms with Gasteiger partial charge in [-0.05, 0) is 159 Å². The van der Waals surface area contributed by atoms with Crippen LogP contribution in [0, 0.1) is 20.8 Å². The summed E-state index contributed by atoms with van der Waals surface area (Å²) in [5.41, 5.74) is 19.8. The maximum Gasteiger partial charge on any atom is 0.159 e. The zero-order chi connectivity index (χ0) is 53.8. The highest BCUT2D eigenvalue weighted by atomic mass is 16.3. The molecule has 4 nitrogen and oxygen atoms in total. The second-order valence-electron chi connectivity index (χ2n) is 20.8. The normalized spacial score (nSPS) is 11.6. The number of aromatic hydroxyl groups is 1. The summed E-state index contributed by atoms with van der Waals surface area (Å²) in [5.74, 6) is 0.426. The van der Waals surface area contributed by atoms with Crippen LogP contribution in [0.25, 0.3) is 87.6 Å². The van der Waals surface area contributed by atoms with Crippen molar-refractivity contribution in [3.63, 3.8) is 0 Å². The van der Waals surface area contributed by atoms with Crippen molar-refractivity contribution in [2.24, 2.45) is 0 Å². The smallest absolute Gasteiger partial charge is 0.159 e. The molecule has 0 saturated heterocycles. The second-order valence-corrected chi connectivity index (χ2v) is 20.8. The molecule has 0 aliphatic heterocycles. The first-order valence-electron chi connectivity index (χ1n) is 27.6. The molecule has 0 fully saturated rings. The third kappa shape index (κ3) is 8.40. The molecule has 13 aromatic rings. The Labute approximate surface area is 458 Å². The minimum atomic E-state index is 0.205. The summed E-state index contributed by atoms with van der Waals surface area (Å²) in [5, 5.41) is 22.1. The first-order valence-corrected chi connectivity index (χ1v) is 27.6. The van der Waals surface area contributed by atoms with Gasteiger partial charge in [-0.25, -0.2) is 0 Å². The number of aryl methyl sites for hydroxylation is 4. The van der Waals surface area contributed by atoms with Gasteiger partial charge >= 0.3 is 0 Å². The van der Waals surface area contributed by atoms with Gasteiger partial charge < -0.3 is 19.3 Å². The third-order valence-corrected chi connectivity index (χ3v) is 15.7. The SMILES string of the molecule is CC.CCc1cccc(N(c2cc(C(C)C)c3ccc4c(N(c5cccc(C)c5)c5cccc(-c6cccc(-c7ccccc7C)c6)c5O)cc(C)c5ccc2c3c54)c2cccc3c2oc2c(-c4ccccc4)cccc23)c1. The molecule has 382 valence electrons. The Morgan fingerprint density at radius 3 is 1.71 bits per heavy atom. The van der Waals surface area contributed by atoms with E-state index in [0.29, 0.717) is 5.69 Å². The van der Waals surface area contributed by atoms with Crippen LogP contribution >= 0.6 is 0 Å². The molecular weight excluding hydrogens is 949 g/mol. The van der Waals surface area contributed by atoms with Crippen molar-refractivity contribution >= 4 is 88.4 Å². The van der Waals surface area contributed by atoms with Crippen molar-refractivity contribution < 1.29 is 9.52 Å². The van der Waals surface area contributed by atoms with Gasteiger partial charge in [0.25, 0.3) is 0 Å². The molecule has 1 N–H and O–H groups in total. The Kier molecular flexibility index (Phi) is 13.0. The van der Waals surface area contributed by atoms with Crippen LogP contribution in [0.4, 0.5) is 34.1 Å². The van der Waals surface area contributed by atoms with Crippen molar-refractivity contribution in [1.29, 1.82) is 0 Å². The van der Waals surface area contributed by atoms with E-state index in [0.717, 1.165) is 107 Å². The molecule has 13 rings (SSSR count).